The van der Waals surface area contributed by atoms with Crippen LogP contribution in [0.15, 0.2) is 36.4 Å². The minimum absolute atomic E-state index is 0.0542. The Morgan fingerprint density at radius 2 is 1.96 bits per heavy atom. The molecule has 7 heteroatoms. The Balaban J connectivity index is 2.10. The van der Waals surface area contributed by atoms with Crippen molar-refractivity contribution in [3.63, 3.8) is 0 Å². The van der Waals surface area contributed by atoms with E-state index in [-0.39, 0.29) is 18.5 Å². The summed E-state index contributed by atoms with van der Waals surface area (Å²) in [7, 11) is 1.22. The molecule has 0 aliphatic carbocycles. The Morgan fingerprint density at radius 3 is 2.65 bits per heavy atom. The van der Waals surface area contributed by atoms with E-state index in [2.05, 4.69) is 15.0 Å². The molecule has 23 heavy (non-hydrogen) atoms. The number of para-hydroxylation sites is 1. The van der Waals surface area contributed by atoms with Gasteiger partial charge in [0.05, 0.1) is 12.6 Å². The highest BCUT2D eigenvalue weighted by molar-refractivity contribution is 5.97. The van der Waals surface area contributed by atoms with E-state index < -0.39 is 23.9 Å². The van der Waals surface area contributed by atoms with E-state index in [0.29, 0.717) is 5.52 Å². The molecule has 0 aliphatic rings. The number of benzene rings is 1. The first kappa shape index (κ1) is 16.4. The van der Waals surface area contributed by atoms with Crippen LogP contribution in [0.2, 0.25) is 0 Å². The standard InChI is InChI=1S/C16H16N2O5/c1-23-14(19)9-8-13(16(21)22)18-15(20)12-7-6-10-4-2-3-5-11(10)17-12/h2-7,13H,8-9H2,1H3,(H,18,20)(H,21,22)/t13-/m0/s1. The number of pyridine rings is 1. The maximum atomic E-state index is 12.2. The lowest BCUT2D eigenvalue weighted by molar-refractivity contribution is -0.142. The number of nitrogens with one attached hydrogen (secondary N) is 1. The van der Waals surface area contributed by atoms with Crippen LogP contribution in [0.1, 0.15) is 23.3 Å². The average molecular weight is 316 g/mol. The quantitative estimate of drug-likeness (QED) is 0.780. The van der Waals surface area contributed by atoms with Crippen LogP contribution in [0.3, 0.4) is 0 Å². The van der Waals surface area contributed by atoms with Gasteiger partial charge in [0.2, 0.25) is 0 Å². The number of aromatic nitrogens is 1. The molecule has 2 aromatic rings. The number of fused-ring (bicyclic) bond motifs is 1. The highest BCUT2D eigenvalue weighted by Gasteiger charge is 2.22. The SMILES string of the molecule is COC(=O)CC[C@H](NC(=O)c1ccc2ccccc2n1)C(=O)O. The Kier molecular flexibility index (Phi) is 5.24. The zero-order valence-corrected chi connectivity index (χ0v) is 12.5. The summed E-state index contributed by atoms with van der Waals surface area (Å²) in [5, 5.41) is 12.4. The first-order chi connectivity index (χ1) is 11.0. The molecule has 1 amide bonds. The largest absolute Gasteiger partial charge is 0.480 e. The molecule has 2 rings (SSSR count). The summed E-state index contributed by atoms with van der Waals surface area (Å²) in [6.45, 7) is 0. The summed E-state index contributed by atoms with van der Waals surface area (Å²) in [5.41, 5.74) is 0.759. The summed E-state index contributed by atoms with van der Waals surface area (Å²) in [5.74, 6) is -2.36. The number of carboxylic acid groups (broad SMARTS) is 1. The van der Waals surface area contributed by atoms with Gasteiger partial charge in [0.1, 0.15) is 11.7 Å². The molecule has 0 saturated carbocycles. The molecule has 0 saturated heterocycles. The van der Waals surface area contributed by atoms with Crippen molar-refractivity contribution in [1.82, 2.24) is 10.3 Å². The molecular weight excluding hydrogens is 300 g/mol. The van der Waals surface area contributed by atoms with Crippen LogP contribution in [0.4, 0.5) is 0 Å². The van der Waals surface area contributed by atoms with Crippen molar-refractivity contribution < 1.29 is 24.2 Å². The first-order valence-electron chi connectivity index (χ1n) is 6.97. The van der Waals surface area contributed by atoms with Crippen molar-refractivity contribution in [1.29, 1.82) is 0 Å². The number of carbonyl (C=O) groups excluding carboxylic acids is 2. The maximum absolute atomic E-state index is 12.2. The predicted octanol–water partition coefficient (Wildman–Crippen LogP) is 1.37. The summed E-state index contributed by atoms with van der Waals surface area (Å²) in [6.07, 6.45) is -0.153. The summed E-state index contributed by atoms with van der Waals surface area (Å²) in [4.78, 5) is 38.7. The van der Waals surface area contributed by atoms with Gasteiger partial charge in [-0.25, -0.2) is 9.78 Å². The van der Waals surface area contributed by atoms with E-state index in [4.69, 9.17) is 5.11 Å². The van der Waals surface area contributed by atoms with Crippen molar-refractivity contribution in [2.75, 3.05) is 7.11 Å². The van der Waals surface area contributed by atoms with Crippen LogP contribution >= 0.6 is 0 Å². The van der Waals surface area contributed by atoms with Crippen LogP contribution in [0, 0.1) is 0 Å². The number of ether oxygens (including phenoxy) is 1. The molecule has 120 valence electrons. The summed E-state index contributed by atoms with van der Waals surface area (Å²) < 4.78 is 4.46. The monoisotopic (exact) mass is 316 g/mol. The molecule has 2 N–H and O–H groups in total. The molecule has 0 unspecified atom stereocenters. The fourth-order valence-electron chi connectivity index (χ4n) is 2.05. The minimum Gasteiger partial charge on any atom is -0.480 e. The summed E-state index contributed by atoms with van der Waals surface area (Å²) >= 11 is 0. The highest BCUT2D eigenvalue weighted by atomic mass is 16.5. The van der Waals surface area contributed by atoms with Crippen LogP contribution in [-0.4, -0.2) is 41.1 Å². The minimum atomic E-state index is -1.22. The highest BCUT2D eigenvalue weighted by Crippen LogP contribution is 2.12. The lowest BCUT2D eigenvalue weighted by Crippen LogP contribution is -2.41. The van der Waals surface area contributed by atoms with Crippen molar-refractivity contribution in [3.05, 3.63) is 42.1 Å². The molecule has 0 aliphatic heterocycles. The van der Waals surface area contributed by atoms with Gasteiger partial charge >= 0.3 is 11.9 Å². The van der Waals surface area contributed by atoms with Crippen molar-refractivity contribution >= 4 is 28.7 Å². The number of aliphatic carboxylic acids is 1. The fourth-order valence-corrected chi connectivity index (χ4v) is 2.05. The van der Waals surface area contributed by atoms with Gasteiger partial charge < -0.3 is 15.2 Å². The molecule has 1 aromatic heterocycles. The Labute approximate surface area is 132 Å². The number of carbonyl (C=O) groups is 3. The second kappa shape index (κ2) is 7.35. The zero-order chi connectivity index (χ0) is 16.8. The summed E-state index contributed by atoms with van der Waals surface area (Å²) in [6, 6.07) is 9.36. The number of carboxylic acids is 1. The van der Waals surface area contributed by atoms with E-state index >= 15 is 0 Å². The van der Waals surface area contributed by atoms with Gasteiger partial charge in [0, 0.05) is 11.8 Å². The number of esters is 1. The smallest absolute Gasteiger partial charge is 0.326 e. The van der Waals surface area contributed by atoms with E-state index in [1.807, 2.05) is 12.1 Å². The van der Waals surface area contributed by atoms with E-state index in [1.54, 1.807) is 18.2 Å². The molecule has 0 spiro atoms. The lowest BCUT2D eigenvalue weighted by atomic mass is 10.1. The number of methoxy groups -OCH3 is 1. The van der Waals surface area contributed by atoms with Crippen LogP contribution in [0.25, 0.3) is 10.9 Å². The number of amides is 1. The molecule has 7 nitrogen and oxygen atoms in total. The van der Waals surface area contributed by atoms with Gasteiger partial charge in [-0.1, -0.05) is 24.3 Å². The Bertz CT molecular complexity index is 744. The van der Waals surface area contributed by atoms with Gasteiger partial charge in [-0.2, -0.15) is 0 Å². The van der Waals surface area contributed by atoms with Crippen LogP contribution < -0.4 is 5.32 Å². The normalized spacial score (nSPS) is 11.7. The number of rotatable bonds is 6. The van der Waals surface area contributed by atoms with Crippen LogP contribution in [0.5, 0.6) is 0 Å². The average Bonchev–Trinajstić information content (AvgIpc) is 2.57. The van der Waals surface area contributed by atoms with Gasteiger partial charge in [0.25, 0.3) is 5.91 Å². The number of nitrogens with zero attached hydrogens (tertiary/aromatic N) is 1. The van der Waals surface area contributed by atoms with Crippen molar-refractivity contribution in [2.24, 2.45) is 0 Å². The van der Waals surface area contributed by atoms with Gasteiger partial charge in [-0.3, -0.25) is 9.59 Å². The van der Waals surface area contributed by atoms with E-state index in [0.717, 1.165) is 5.39 Å². The fraction of sp³-hybridized carbons (Fsp3) is 0.250. The first-order valence-corrected chi connectivity index (χ1v) is 6.97. The van der Waals surface area contributed by atoms with Gasteiger partial charge in [0.15, 0.2) is 0 Å². The molecule has 0 bridgehead atoms. The third kappa shape index (κ3) is 4.26. The second-order valence-corrected chi connectivity index (χ2v) is 4.87. The van der Waals surface area contributed by atoms with E-state index in [1.165, 1.54) is 13.2 Å². The molecule has 1 atom stereocenters. The molecule has 0 radical (unpaired) electrons. The number of hydrogen-bond donors (Lipinski definition) is 2. The lowest BCUT2D eigenvalue weighted by Gasteiger charge is -2.13. The zero-order valence-electron chi connectivity index (χ0n) is 12.5. The topological polar surface area (TPSA) is 106 Å². The second-order valence-electron chi connectivity index (χ2n) is 4.87. The third-order valence-electron chi connectivity index (χ3n) is 3.30. The van der Waals surface area contributed by atoms with E-state index in [9.17, 15) is 14.4 Å². The molecular formula is C16H16N2O5. The molecule has 0 fully saturated rings. The predicted molar refractivity (Wildman–Crippen MR) is 81.9 cm³/mol. The van der Waals surface area contributed by atoms with Gasteiger partial charge in [-0.05, 0) is 18.6 Å². The Hall–Kier alpha value is -2.96. The molecule has 1 aromatic carbocycles. The molecule has 1 heterocycles. The number of hydrogen-bond acceptors (Lipinski definition) is 5. The Morgan fingerprint density at radius 1 is 1.22 bits per heavy atom. The van der Waals surface area contributed by atoms with Gasteiger partial charge in [-0.15, -0.1) is 0 Å². The van der Waals surface area contributed by atoms with Crippen LogP contribution in [-0.2, 0) is 14.3 Å². The van der Waals surface area contributed by atoms with Crippen molar-refractivity contribution in [3.8, 4) is 0 Å². The maximum Gasteiger partial charge on any atom is 0.326 e. The third-order valence-corrected chi connectivity index (χ3v) is 3.30. The van der Waals surface area contributed by atoms with Crippen molar-refractivity contribution in [2.45, 2.75) is 18.9 Å².